The highest BCUT2D eigenvalue weighted by Gasteiger charge is 2.16. The first kappa shape index (κ1) is 12.9. The van der Waals surface area contributed by atoms with E-state index >= 15 is 0 Å². The summed E-state index contributed by atoms with van der Waals surface area (Å²) in [6.07, 6.45) is 4.59. The molecule has 1 unspecified atom stereocenters. The van der Waals surface area contributed by atoms with Crippen molar-refractivity contribution in [3.63, 3.8) is 0 Å². The quantitative estimate of drug-likeness (QED) is 0.678. The SMILES string of the molecule is CCCC(C)N(C)CCC1OCCCO1. The van der Waals surface area contributed by atoms with Gasteiger partial charge in [-0.3, -0.25) is 0 Å². The molecule has 0 aromatic rings. The summed E-state index contributed by atoms with van der Waals surface area (Å²) in [5, 5.41) is 0. The summed E-state index contributed by atoms with van der Waals surface area (Å²) >= 11 is 0. The minimum Gasteiger partial charge on any atom is -0.353 e. The van der Waals surface area contributed by atoms with Crippen molar-refractivity contribution in [2.75, 3.05) is 26.8 Å². The Morgan fingerprint density at radius 2 is 2.00 bits per heavy atom. The van der Waals surface area contributed by atoms with E-state index in [4.69, 9.17) is 9.47 Å². The first-order valence-corrected chi connectivity index (χ1v) is 6.17. The maximum atomic E-state index is 5.52. The van der Waals surface area contributed by atoms with Gasteiger partial charge in [0.1, 0.15) is 0 Å². The standard InChI is InChI=1S/C12H25NO2/c1-4-6-11(2)13(3)8-7-12-14-9-5-10-15-12/h11-12H,4-10H2,1-3H3. The van der Waals surface area contributed by atoms with Crippen LogP contribution in [0.1, 0.15) is 39.5 Å². The molecule has 0 amide bonds. The zero-order chi connectivity index (χ0) is 11.1. The summed E-state index contributed by atoms with van der Waals surface area (Å²) in [5.74, 6) is 0. The maximum Gasteiger partial charge on any atom is 0.158 e. The van der Waals surface area contributed by atoms with Crippen LogP contribution in [0.25, 0.3) is 0 Å². The van der Waals surface area contributed by atoms with Crippen LogP contribution < -0.4 is 0 Å². The second-order valence-corrected chi connectivity index (χ2v) is 4.43. The van der Waals surface area contributed by atoms with E-state index in [2.05, 4.69) is 25.8 Å². The average molecular weight is 215 g/mol. The van der Waals surface area contributed by atoms with Crippen molar-refractivity contribution in [3.8, 4) is 0 Å². The lowest BCUT2D eigenvalue weighted by atomic mass is 10.1. The summed E-state index contributed by atoms with van der Waals surface area (Å²) in [6, 6.07) is 0.665. The lowest BCUT2D eigenvalue weighted by Gasteiger charge is -2.28. The molecule has 3 heteroatoms. The Hall–Kier alpha value is -0.120. The van der Waals surface area contributed by atoms with Crippen LogP contribution in [-0.4, -0.2) is 44.0 Å². The van der Waals surface area contributed by atoms with Crippen molar-refractivity contribution in [2.24, 2.45) is 0 Å². The zero-order valence-electron chi connectivity index (χ0n) is 10.4. The topological polar surface area (TPSA) is 21.7 Å². The fourth-order valence-corrected chi connectivity index (χ4v) is 1.87. The number of rotatable bonds is 6. The van der Waals surface area contributed by atoms with Crippen LogP contribution in [0.15, 0.2) is 0 Å². The molecule has 0 aromatic heterocycles. The van der Waals surface area contributed by atoms with Gasteiger partial charge in [0, 0.05) is 19.0 Å². The lowest BCUT2D eigenvalue weighted by molar-refractivity contribution is -0.182. The predicted molar refractivity (Wildman–Crippen MR) is 61.9 cm³/mol. The monoisotopic (exact) mass is 215 g/mol. The molecule has 3 nitrogen and oxygen atoms in total. The van der Waals surface area contributed by atoms with Crippen molar-refractivity contribution >= 4 is 0 Å². The highest BCUT2D eigenvalue weighted by Crippen LogP contribution is 2.11. The van der Waals surface area contributed by atoms with E-state index in [9.17, 15) is 0 Å². The molecule has 1 rings (SSSR count). The number of ether oxygens (including phenoxy) is 2. The van der Waals surface area contributed by atoms with Gasteiger partial charge in [0.2, 0.25) is 0 Å². The third-order valence-electron chi connectivity index (χ3n) is 3.07. The predicted octanol–water partition coefficient (Wildman–Crippen LogP) is 2.26. The van der Waals surface area contributed by atoms with Crippen molar-refractivity contribution in [3.05, 3.63) is 0 Å². The maximum absolute atomic E-state index is 5.52. The van der Waals surface area contributed by atoms with Crippen LogP contribution in [0.5, 0.6) is 0 Å². The van der Waals surface area contributed by atoms with E-state index in [0.717, 1.165) is 32.6 Å². The van der Waals surface area contributed by atoms with Gasteiger partial charge >= 0.3 is 0 Å². The molecule has 1 aliphatic heterocycles. The smallest absolute Gasteiger partial charge is 0.158 e. The van der Waals surface area contributed by atoms with Crippen LogP contribution in [-0.2, 0) is 9.47 Å². The molecule has 90 valence electrons. The molecule has 0 N–H and O–H groups in total. The van der Waals surface area contributed by atoms with E-state index in [-0.39, 0.29) is 6.29 Å². The molecule has 0 radical (unpaired) electrons. The van der Waals surface area contributed by atoms with Gasteiger partial charge < -0.3 is 14.4 Å². The summed E-state index contributed by atoms with van der Waals surface area (Å²) in [6.45, 7) is 7.30. The number of nitrogens with zero attached hydrogens (tertiary/aromatic N) is 1. The average Bonchev–Trinajstić information content (AvgIpc) is 2.27. The molecule has 1 aliphatic rings. The second-order valence-electron chi connectivity index (χ2n) is 4.43. The van der Waals surface area contributed by atoms with Gasteiger partial charge in [-0.25, -0.2) is 0 Å². The van der Waals surface area contributed by atoms with Gasteiger partial charge in [-0.1, -0.05) is 13.3 Å². The summed E-state index contributed by atoms with van der Waals surface area (Å²) < 4.78 is 11.0. The molecule has 1 saturated heterocycles. The second kappa shape index (κ2) is 7.20. The Morgan fingerprint density at radius 1 is 1.33 bits per heavy atom. The van der Waals surface area contributed by atoms with Crippen molar-refractivity contribution < 1.29 is 9.47 Å². The van der Waals surface area contributed by atoms with Gasteiger partial charge in [0.15, 0.2) is 6.29 Å². The van der Waals surface area contributed by atoms with Crippen molar-refractivity contribution in [2.45, 2.75) is 51.9 Å². The summed E-state index contributed by atoms with van der Waals surface area (Å²) in [5.41, 5.74) is 0. The molecule has 15 heavy (non-hydrogen) atoms. The minimum absolute atomic E-state index is 0.0371. The third-order valence-corrected chi connectivity index (χ3v) is 3.07. The van der Waals surface area contributed by atoms with Gasteiger partial charge in [-0.2, -0.15) is 0 Å². The third kappa shape index (κ3) is 4.96. The minimum atomic E-state index is 0.0371. The fourth-order valence-electron chi connectivity index (χ4n) is 1.87. The Morgan fingerprint density at radius 3 is 2.60 bits per heavy atom. The normalized spacial score (nSPS) is 20.8. The van der Waals surface area contributed by atoms with Gasteiger partial charge in [0.05, 0.1) is 13.2 Å². The van der Waals surface area contributed by atoms with Crippen LogP contribution in [0.3, 0.4) is 0 Å². The van der Waals surface area contributed by atoms with E-state index in [1.807, 2.05) is 0 Å². The molecule has 1 atom stereocenters. The van der Waals surface area contributed by atoms with Crippen LogP contribution in [0.2, 0.25) is 0 Å². The highest BCUT2D eigenvalue weighted by molar-refractivity contribution is 4.64. The molecule has 0 bridgehead atoms. The largest absolute Gasteiger partial charge is 0.353 e. The van der Waals surface area contributed by atoms with Gasteiger partial charge in [0.25, 0.3) is 0 Å². The van der Waals surface area contributed by atoms with Crippen LogP contribution in [0.4, 0.5) is 0 Å². The molecular weight excluding hydrogens is 190 g/mol. The Labute approximate surface area is 93.7 Å². The molecule has 0 saturated carbocycles. The first-order chi connectivity index (χ1) is 7.24. The zero-order valence-corrected chi connectivity index (χ0v) is 10.4. The lowest BCUT2D eigenvalue weighted by Crippen LogP contribution is -2.34. The first-order valence-electron chi connectivity index (χ1n) is 6.17. The molecule has 0 spiro atoms. The van der Waals surface area contributed by atoms with E-state index in [0.29, 0.717) is 6.04 Å². The molecule has 1 fully saturated rings. The molecule has 0 aromatic carbocycles. The Balaban J connectivity index is 2.11. The van der Waals surface area contributed by atoms with Crippen molar-refractivity contribution in [1.82, 2.24) is 4.90 Å². The van der Waals surface area contributed by atoms with Gasteiger partial charge in [-0.05, 0) is 26.8 Å². The van der Waals surface area contributed by atoms with Crippen LogP contribution >= 0.6 is 0 Å². The van der Waals surface area contributed by atoms with Crippen molar-refractivity contribution in [1.29, 1.82) is 0 Å². The fraction of sp³-hybridized carbons (Fsp3) is 1.00. The molecular formula is C12H25NO2. The van der Waals surface area contributed by atoms with Gasteiger partial charge in [-0.15, -0.1) is 0 Å². The summed E-state index contributed by atoms with van der Waals surface area (Å²) in [4.78, 5) is 2.39. The molecule has 1 heterocycles. The number of hydrogen-bond donors (Lipinski definition) is 0. The van der Waals surface area contributed by atoms with E-state index < -0.39 is 0 Å². The van der Waals surface area contributed by atoms with Crippen LogP contribution in [0, 0.1) is 0 Å². The van der Waals surface area contributed by atoms with E-state index in [1.54, 1.807) is 0 Å². The highest BCUT2D eigenvalue weighted by atomic mass is 16.7. The Bertz CT molecular complexity index is 158. The Kier molecular flexibility index (Phi) is 6.22. The van der Waals surface area contributed by atoms with E-state index in [1.165, 1.54) is 12.8 Å². The molecule has 0 aliphatic carbocycles. The number of hydrogen-bond acceptors (Lipinski definition) is 3. The summed E-state index contributed by atoms with van der Waals surface area (Å²) in [7, 11) is 2.18.